The Morgan fingerprint density at radius 2 is 1.17 bits per heavy atom. The second kappa shape index (κ2) is 7.85. The summed E-state index contributed by atoms with van der Waals surface area (Å²) in [4.78, 5) is 11.2. The van der Waals surface area contributed by atoms with E-state index in [-0.39, 0.29) is 17.1 Å². The second-order valence-electron chi connectivity index (χ2n) is 5.48. The van der Waals surface area contributed by atoms with E-state index >= 15 is 0 Å². The van der Waals surface area contributed by atoms with Gasteiger partial charge in [-0.2, -0.15) is 0 Å². The molecule has 0 spiro atoms. The van der Waals surface area contributed by atoms with Crippen molar-refractivity contribution in [3.63, 3.8) is 0 Å². The molecule has 0 aliphatic rings. The standard InChI is InChI=1S/C20H18NO2P/c22-21(23)16-20(17-10-4-1-5-11-17)24(18-12-6-2-7-13-18)19-14-8-3-9-15-19/h1-15,20H,16H2. The van der Waals surface area contributed by atoms with Crippen molar-refractivity contribution in [1.29, 1.82) is 0 Å². The smallest absolute Gasteiger partial charge is 0.215 e. The Hall–Kier alpha value is -2.51. The Morgan fingerprint density at radius 3 is 1.58 bits per heavy atom. The third-order valence-electron chi connectivity index (χ3n) is 3.89. The molecule has 120 valence electrons. The first-order chi connectivity index (χ1) is 11.8. The van der Waals surface area contributed by atoms with Gasteiger partial charge in [0.15, 0.2) is 0 Å². The summed E-state index contributed by atoms with van der Waals surface area (Å²) in [6, 6.07) is 30.1. The van der Waals surface area contributed by atoms with E-state index in [2.05, 4.69) is 24.3 Å². The maximum atomic E-state index is 11.4. The van der Waals surface area contributed by atoms with Crippen molar-refractivity contribution >= 4 is 18.5 Å². The van der Waals surface area contributed by atoms with Gasteiger partial charge in [0, 0.05) is 4.92 Å². The average Bonchev–Trinajstić information content (AvgIpc) is 2.63. The fraction of sp³-hybridized carbons (Fsp3) is 0.100. The molecule has 0 saturated carbocycles. The van der Waals surface area contributed by atoms with Crippen LogP contribution in [0.4, 0.5) is 0 Å². The minimum atomic E-state index is -0.865. The Balaban J connectivity index is 2.12. The highest BCUT2D eigenvalue weighted by atomic mass is 31.1. The van der Waals surface area contributed by atoms with Crippen molar-refractivity contribution in [2.24, 2.45) is 0 Å². The van der Waals surface area contributed by atoms with Gasteiger partial charge in [-0.1, -0.05) is 91.0 Å². The van der Waals surface area contributed by atoms with Crippen LogP contribution in [0.25, 0.3) is 0 Å². The fourth-order valence-corrected chi connectivity index (χ4v) is 5.61. The van der Waals surface area contributed by atoms with E-state index in [0.717, 1.165) is 16.2 Å². The van der Waals surface area contributed by atoms with Crippen LogP contribution in [0, 0.1) is 10.1 Å². The zero-order valence-corrected chi connectivity index (χ0v) is 14.1. The van der Waals surface area contributed by atoms with Gasteiger partial charge in [-0.05, 0) is 24.1 Å². The number of nitrogens with zero attached hydrogens (tertiary/aromatic N) is 1. The van der Waals surface area contributed by atoms with E-state index in [1.807, 2.05) is 66.7 Å². The van der Waals surface area contributed by atoms with E-state index in [0.29, 0.717) is 0 Å². The summed E-state index contributed by atoms with van der Waals surface area (Å²) in [6.45, 7) is -0.0699. The summed E-state index contributed by atoms with van der Waals surface area (Å²) in [5.41, 5.74) is 0.869. The SMILES string of the molecule is O=[N+]([O-])CC(c1ccccc1)P(c1ccccc1)c1ccccc1. The molecule has 4 heteroatoms. The van der Waals surface area contributed by atoms with Crippen LogP contribution < -0.4 is 10.6 Å². The predicted molar refractivity (Wildman–Crippen MR) is 100 cm³/mol. The number of hydrogen-bond donors (Lipinski definition) is 0. The van der Waals surface area contributed by atoms with Crippen molar-refractivity contribution in [2.75, 3.05) is 6.54 Å². The fourth-order valence-electron chi connectivity index (χ4n) is 2.84. The molecule has 3 rings (SSSR count). The van der Waals surface area contributed by atoms with Crippen LogP contribution in [0.2, 0.25) is 0 Å². The quantitative estimate of drug-likeness (QED) is 0.386. The lowest BCUT2D eigenvalue weighted by molar-refractivity contribution is -0.479. The van der Waals surface area contributed by atoms with E-state index in [1.54, 1.807) is 0 Å². The zero-order valence-electron chi connectivity index (χ0n) is 13.2. The molecule has 3 aromatic rings. The van der Waals surface area contributed by atoms with Crippen molar-refractivity contribution in [2.45, 2.75) is 5.66 Å². The van der Waals surface area contributed by atoms with Crippen molar-refractivity contribution in [1.82, 2.24) is 0 Å². The van der Waals surface area contributed by atoms with Gasteiger partial charge in [0.25, 0.3) is 0 Å². The van der Waals surface area contributed by atoms with Gasteiger partial charge in [0.1, 0.15) is 0 Å². The lowest BCUT2D eigenvalue weighted by Gasteiger charge is -2.26. The lowest BCUT2D eigenvalue weighted by atomic mass is 10.1. The van der Waals surface area contributed by atoms with Gasteiger partial charge < -0.3 is 0 Å². The third-order valence-corrected chi connectivity index (χ3v) is 6.68. The van der Waals surface area contributed by atoms with Crippen molar-refractivity contribution in [3.05, 3.63) is 107 Å². The molecule has 0 aliphatic heterocycles. The maximum Gasteiger partial charge on any atom is 0.215 e. The minimum Gasteiger partial charge on any atom is -0.265 e. The molecule has 0 radical (unpaired) electrons. The Kier molecular flexibility index (Phi) is 5.35. The molecule has 0 heterocycles. The topological polar surface area (TPSA) is 43.1 Å². The number of hydrogen-bond acceptors (Lipinski definition) is 2. The maximum absolute atomic E-state index is 11.4. The molecule has 0 aromatic heterocycles. The highest BCUT2D eigenvalue weighted by molar-refractivity contribution is 7.73. The van der Waals surface area contributed by atoms with E-state index < -0.39 is 7.92 Å². The van der Waals surface area contributed by atoms with Crippen LogP contribution >= 0.6 is 7.92 Å². The molecular weight excluding hydrogens is 317 g/mol. The van der Waals surface area contributed by atoms with Crippen LogP contribution in [0.1, 0.15) is 11.2 Å². The summed E-state index contributed by atoms with van der Waals surface area (Å²) in [5, 5.41) is 13.7. The van der Waals surface area contributed by atoms with Crippen molar-refractivity contribution < 1.29 is 4.92 Å². The summed E-state index contributed by atoms with van der Waals surface area (Å²) >= 11 is 0. The molecule has 3 nitrogen and oxygen atoms in total. The number of benzene rings is 3. The van der Waals surface area contributed by atoms with Crippen LogP contribution in [-0.4, -0.2) is 11.5 Å². The molecule has 0 saturated heterocycles. The summed E-state index contributed by atoms with van der Waals surface area (Å²) in [7, 11) is -0.865. The monoisotopic (exact) mass is 335 g/mol. The van der Waals surface area contributed by atoms with Gasteiger partial charge in [0.05, 0.1) is 5.66 Å². The Morgan fingerprint density at radius 1 is 0.750 bits per heavy atom. The van der Waals surface area contributed by atoms with Gasteiger partial charge >= 0.3 is 0 Å². The predicted octanol–water partition coefficient (Wildman–Crippen LogP) is 4.14. The molecule has 0 bridgehead atoms. The van der Waals surface area contributed by atoms with Crippen LogP contribution in [-0.2, 0) is 0 Å². The zero-order chi connectivity index (χ0) is 16.8. The molecule has 0 aliphatic carbocycles. The lowest BCUT2D eigenvalue weighted by Crippen LogP contribution is -2.22. The largest absolute Gasteiger partial charge is 0.265 e. The summed E-state index contributed by atoms with van der Waals surface area (Å²) < 4.78 is 0. The van der Waals surface area contributed by atoms with E-state index in [1.165, 1.54) is 0 Å². The molecule has 0 fully saturated rings. The number of rotatable bonds is 6. The first kappa shape index (κ1) is 16.4. The van der Waals surface area contributed by atoms with Gasteiger partial charge in [0.2, 0.25) is 6.54 Å². The normalized spacial score (nSPS) is 12.0. The third kappa shape index (κ3) is 3.87. The van der Waals surface area contributed by atoms with Gasteiger partial charge in [-0.25, -0.2) is 0 Å². The van der Waals surface area contributed by atoms with Crippen molar-refractivity contribution in [3.8, 4) is 0 Å². The Labute approximate surface area is 142 Å². The minimum absolute atomic E-state index is 0.0699. The van der Waals surface area contributed by atoms with Crippen LogP contribution in [0.5, 0.6) is 0 Å². The molecular formula is C20H18NO2P. The molecule has 0 amide bonds. The van der Waals surface area contributed by atoms with Crippen LogP contribution in [0.15, 0.2) is 91.0 Å². The van der Waals surface area contributed by atoms with Crippen LogP contribution in [0.3, 0.4) is 0 Å². The molecule has 1 unspecified atom stereocenters. The first-order valence-electron chi connectivity index (χ1n) is 7.82. The van der Waals surface area contributed by atoms with E-state index in [4.69, 9.17) is 0 Å². The summed E-state index contributed by atoms with van der Waals surface area (Å²) in [6.07, 6.45) is 0. The molecule has 0 N–H and O–H groups in total. The number of nitro groups is 1. The highest BCUT2D eigenvalue weighted by Crippen LogP contribution is 2.49. The highest BCUT2D eigenvalue weighted by Gasteiger charge is 2.30. The molecule has 24 heavy (non-hydrogen) atoms. The van der Waals surface area contributed by atoms with Gasteiger partial charge in [-0.15, -0.1) is 0 Å². The van der Waals surface area contributed by atoms with Gasteiger partial charge in [-0.3, -0.25) is 10.1 Å². The molecule has 1 atom stereocenters. The first-order valence-corrected chi connectivity index (χ1v) is 9.23. The Bertz CT molecular complexity index is 739. The average molecular weight is 335 g/mol. The molecule has 3 aromatic carbocycles. The second-order valence-corrected chi connectivity index (χ2v) is 7.88. The van der Waals surface area contributed by atoms with E-state index in [9.17, 15) is 10.1 Å². The summed E-state index contributed by atoms with van der Waals surface area (Å²) in [5.74, 6) is 0.